The number of thiazole rings is 1. The lowest BCUT2D eigenvalue weighted by molar-refractivity contribution is -0.130. The Labute approximate surface area is 323 Å². The van der Waals surface area contributed by atoms with Crippen molar-refractivity contribution in [3.05, 3.63) is 46.4 Å². The number of allylic oxidation sites excluding steroid dienone is 1. The predicted octanol–water partition coefficient (Wildman–Crippen LogP) is 4.23. The van der Waals surface area contributed by atoms with Crippen molar-refractivity contribution >= 4 is 61.9 Å². The molecular formula is C36H46ClN7O8S2. The molecule has 1 aliphatic carbocycles. The van der Waals surface area contributed by atoms with Crippen LogP contribution in [0.2, 0.25) is 5.02 Å². The van der Waals surface area contributed by atoms with Crippen molar-refractivity contribution in [2.75, 3.05) is 53.6 Å². The molecule has 18 heteroatoms. The quantitative estimate of drug-likeness (QED) is 0.251. The van der Waals surface area contributed by atoms with Gasteiger partial charge in [-0.15, -0.1) is 11.3 Å². The van der Waals surface area contributed by atoms with Gasteiger partial charge in [-0.1, -0.05) is 37.6 Å². The van der Waals surface area contributed by atoms with Gasteiger partial charge in [0.1, 0.15) is 38.8 Å². The van der Waals surface area contributed by atoms with Crippen LogP contribution in [0.1, 0.15) is 57.6 Å². The van der Waals surface area contributed by atoms with E-state index in [-0.39, 0.29) is 51.7 Å². The molecule has 15 nitrogen and oxygen atoms in total. The lowest BCUT2D eigenvalue weighted by atomic mass is 10.1. The van der Waals surface area contributed by atoms with E-state index in [1.54, 1.807) is 25.2 Å². The standard InChI is InChI=1S/C36H46ClN7O8S2/c1-22(2)27-21-53-33(39-27)26-19-29(24-10-11-28(50-4)30(37)31(24)38-26)52-16-12-25-32(45)41-36(34(46)42-54(48,49)44-14-17-51-18-15-44)20-23(36)9-7-5-6-8-13-43(3)35(47)40-25/h7,9-11,19,21-23,25H,5-6,8,12-18,20H2,1-4H3,(H,40,47)(H,41,45)(H,42,46)/t23-,25+,36-/m1/s1. The summed E-state index contributed by atoms with van der Waals surface area (Å²) in [6, 6.07) is 3.65. The first-order valence-corrected chi connectivity index (χ1v) is 20.7. The fourth-order valence-electron chi connectivity index (χ4n) is 6.40. The number of fused-ring (bicyclic) bond motifs is 2. The van der Waals surface area contributed by atoms with Gasteiger partial charge in [-0.05, 0) is 43.7 Å². The molecule has 54 heavy (non-hydrogen) atoms. The molecule has 3 aliphatic rings. The van der Waals surface area contributed by atoms with Crippen LogP contribution in [-0.4, -0.2) is 111 Å². The summed E-state index contributed by atoms with van der Waals surface area (Å²) >= 11 is 8.19. The Balaban J connectivity index is 1.26. The number of morpholine rings is 1. The van der Waals surface area contributed by atoms with Crippen molar-refractivity contribution in [3.63, 3.8) is 0 Å². The van der Waals surface area contributed by atoms with E-state index >= 15 is 0 Å². The number of hydrogen-bond acceptors (Lipinski definition) is 11. The molecule has 2 fully saturated rings. The predicted molar refractivity (Wildman–Crippen MR) is 205 cm³/mol. The third kappa shape index (κ3) is 8.75. The maximum atomic E-state index is 14.1. The Bertz CT molecular complexity index is 2020. The van der Waals surface area contributed by atoms with Gasteiger partial charge in [0.25, 0.3) is 5.91 Å². The van der Waals surface area contributed by atoms with Gasteiger partial charge in [-0.3, -0.25) is 9.59 Å². The number of methoxy groups -OCH3 is 1. The molecule has 4 amide bonds. The van der Waals surface area contributed by atoms with E-state index in [9.17, 15) is 22.8 Å². The van der Waals surface area contributed by atoms with E-state index in [1.165, 1.54) is 23.3 Å². The Morgan fingerprint density at radius 3 is 2.67 bits per heavy atom. The second-order valence-corrected chi connectivity index (χ2v) is 16.8. The number of nitrogens with zero attached hydrogens (tertiary/aromatic N) is 4. The van der Waals surface area contributed by atoms with Gasteiger partial charge in [0.05, 0.1) is 38.1 Å². The van der Waals surface area contributed by atoms with Crippen molar-refractivity contribution in [3.8, 4) is 22.2 Å². The van der Waals surface area contributed by atoms with Gasteiger partial charge in [-0.25, -0.2) is 19.5 Å². The van der Waals surface area contributed by atoms with Crippen molar-refractivity contribution in [2.24, 2.45) is 5.92 Å². The van der Waals surface area contributed by atoms with Crippen molar-refractivity contribution in [1.82, 2.24) is 34.5 Å². The number of aromatic nitrogens is 2. The number of urea groups is 1. The number of amides is 4. The fourth-order valence-corrected chi connectivity index (χ4v) is 8.80. The molecule has 6 rings (SSSR count). The van der Waals surface area contributed by atoms with Crippen LogP contribution >= 0.6 is 22.9 Å². The summed E-state index contributed by atoms with van der Waals surface area (Å²) in [4.78, 5) is 52.3. The molecule has 0 bridgehead atoms. The summed E-state index contributed by atoms with van der Waals surface area (Å²) in [6.45, 7) is 5.18. The number of nitrogens with one attached hydrogen (secondary N) is 3. The van der Waals surface area contributed by atoms with Crippen LogP contribution < -0.4 is 24.8 Å². The smallest absolute Gasteiger partial charge is 0.317 e. The zero-order valence-corrected chi connectivity index (χ0v) is 33.1. The van der Waals surface area contributed by atoms with Crippen LogP contribution in [-0.2, 0) is 24.5 Å². The van der Waals surface area contributed by atoms with Crippen LogP contribution in [0.15, 0.2) is 35.7 Å². The van der Waals surface area contributed by atoms with Gasteiger partial charge in [0.2, 0.25) is 5.91 Å². The van der Waals surface area contributed by atoms with Crippen molar-refractivity contribution in [1.29, 1.82) is 0 Å². The van der Waals surface area contributed by atoms with Crippen LogP contribution in [0.3, 0.4) is 0 Å². The zero-order valence-electron chi connectivity index (χ0n) is 30.7. The third-order valence-electron chi connectivity index (χ3n) is 9.80. The van der Waals surface area contributed by atoms with E-state index in [4.69, 9.17) is 35.8 Å². The number of hydrogen-bond donors (Lipinski definition) is 3. The Morgan fingerprint density at radius 2 is 1.94 bits per heavy atom. The molecule has 3 aromatic rings. The second kappa shape index (κ2) is 16.8. The lowest BCUT2D eigenvalue weighted by Crippen LogP contribution is -2.59. The van der Waals surface area contributed by atoms with E-state index < -0.39 is 45.6 Å². The first-order valence-electron chi connectivity index (χ1n) is 18.0. The van der Waals surface area contributed by atoms with Crippen LogP contribution in [0.4, 0.5) is 4.79 Å². The van der Waals surface area contributed by atoms with Crippen LogP contribution in [0, 0.1) is 5.92 Å². The van der Waals surface area contributed by atoms with Gasteiger partial charge < -0.3 is 29.7 Å². The minimum atomic E-state index is -4.19. The summed E-state index contributed by atoms with van der Waals surface area (Å²) in [6.07, 6.45) is 6.22. The third-order valence-corrected chi connectivity index (χ3v) is 12.5. The Kier molecular flexibility index (Phi) is 12.3. The maximum absolute atomic E-state index is 14.1. The van der Waals surface area contributed by atoms with E-state index in [1.807, 2.05) is 17.5 Å². The highest BCUT2D eigenvalue weighted by Crippen LogP contribution is 2.45. The number of rotatable bonds is 10. The molecule has 0 unspecified atom stereocenters. The molecule has 1 saturated heterocycles. The van der Waals surface area contributed by atoms with E-state index in [0.29, 0.717) is 51.1 Å². The van der Waals surface area contributed by atoms with E-state index in [2.05, 4.69) is 29.2 Å². The summed E-state index contributed by atoms with van der Waals surface area (Å²) in [7, 11) is -1.03. The summed E-state index contributed by atoms with van der Waals surface area (Å²) in [5, 5.41) is 9.20. The normalized spacial score (nSPS) is 23.0. The number of benzene rings is 1. The highest BCUT2D eigenvalue weighted by Gasteiger charge is 2.61. The fraction of sp³-hybridized carbons (Fsp3) is 0.528. The minimum absolute atomic E-state index is 0.00742. The largest absolute Gasteiger partial charge is 0.495 e. The average molecular weight is 804 g/mol. The molecule has 1 aromatic carbocycles. The molecule has 2 aromatic heterocycles. The summed E-state index contributed by atoms with van der Waals surface area (Å²) in [5.41, 5.74) is 0.392. The number of carbonyl (C=O) groups excluding carboxylic acids is 3. The van der Waals surface area contributed by atoms with Gasteiger partial charge in [-0.2, -0.15) is 12.7 Å². The van der Waals surface area contributed by atoms with Crippen molar-refractivity contribution < 1.29 is 37.0 Å². The number of halogens is 1. The first-order chi connectivity index (χ1) is 25.8. The first kappa shape index (κ1) is 39.7. The highest BCUT2D eigenvalue weighted by molar-refractivity contribution is 7.87. The molecule has 3 N–H and O–H groups in total. The Hall–Kier alpha value is -4.03. The zero-order chi connectivity index (χ0) is 38.6. The lowest BCUT2D eigenvalue weighted by Gasteiger charge is -2.28. The monoisotopic (exact) mass is 803 g/mol. The molecular weight excluding hydrogens is 758 g/mol. The number of ether oxygens (including phenoxy) is 3. The topological polar surface area (TPSA) is 181 Å². The second-order valence-electron chi connectivity index (χ2n) is 13.9. The highest BCUT2D eigenvalue weighted by atomic mass is 35.5. The van der Waals surface area contributed by atoms with Crippen LogP contribution in [0.25, 0.3) is 21.6 Å². The van der Waals surface area contributed by atoms with E-state index in [0.717, 1.165) is 22.8 Å². The average Bonchev–Trinajstić information content (AvgIpc) is 3.60. The summed E-state index contributed by atoms with van der Waals surface area (Å²) < 4.78 is 46.7. The summed E-state index contributed by atoms with van der Waals surface area (Å²) in [5.74, 6) is -0.838. The molecule has 4 heterocycles. The number of carbonyl (C=O) groups is 3. The number of pyridine rings is 1. The molecule has 0 radical (unpaired) electrons. The molecule has 0 spiro atoms. The molecule has 3 atom stereocenters. The minimum Gasteiger partial charge on any atom is -0.495 e. The van der Waals surface area contributed by atoms with Gasteiger partial charge in [0, 0.05) is 55.9 Å². The molecule has 1 saturated carbocycles. The van der Waals surface area contributed by atoms with Gasteiger partial charge >= 0.3 is 16.2 Å². The molecule has 292 valence electrons. The van der Waals surface area contributed by atoms with Gasteiger partial charge in [0.15, 0.2) is 0 Å². The van der Waals surface area contributed by atoms with Crippen molar-refractivity contribution in [2.45, 2.75) is 63.5 Å². The maximum Gasteiger partial charge on any atom is 0.317 e. The Morgan fingerprint density at radius 1 is 1.17 bits per heavy atom. The van der Waals surface area contributed by atoms with Crippen LogP contribution in [0.5, 0.6) is 11.5 Å². The SMILES string of the molecule is COc1ccc2c(OCC[C@@H]3NC(=O)N(C)CCCCC=C[C@@H]4C[C@@]4(C(=O)NS(=O)(=O)N4CCOCC4)NC3=O)cc(-c3nc(C(C)C)cs3)nc2c1Cl. The molecule has 2 aliphatic heterocycles.